The van der Waals surface area contributed by atoms with Gasteiger partial charge in [-0.2, -0.15) is 13.2 Å². The van der Waals surface area contributed by atoms with E-state index in [2.05, 4.69) is 4.98 Å². The summed E-state index contributed by atoms with van der Waals surface area (Å²) in [4.78, 5) is 17.9. The molecule has 0 unspecified atom stereocenters. The number of hydrogen-bond acceptors (Lipinski definition) is 5. The molecule has 0 saturated carbocycles. The zero-order valence-electron chi connectivity index (χ0n) is 19.8. The number of carbonyl (C=O) groups excluding carboxylic acids is 1. The molecule has 0 aromatic carbocycles. The molecule has 3 rings (SSSR count). The summed E-state index contributed by atoms with van der Waals surface area (Å²) in [5.74, 6) is -0.179. The van der Waals surface area contributed by atoms with E-state index < -0.39 is 41.9 Å². The third kappa shape index (κ3) is 5.22. The number of alkyl halides is 3. The maximum atomic E-state index is 13.9. The Bertz CT molecular complexity index is 844. The van der Waals surface area contributed by atoms with Gasteiger partial charge >= 0.3 is 19.4 Å². The largest absolute Gasteiger partial charge is 0.497 e. The highest BCUT2D eigenvalue weighted by molar-refractivity contribution is 6.62. The predicted molar refractivity (Wildman–Crippen MR) is 115 cm³/mol. The molecule has 0 N–H and O–H groups in total. The highest BCUT2D eigenvalue weighted by Crippen LogP contribution is 2.38. The number of rotatable bonds is 2. The van der Waals surface area contributed by atoms with Crippen LogP contribution in [0.2, 0.25) is 0 Å². The number of likely N-dealkylation sites (tertiary alicyclic amines) is 1. The van der Waals surface area contributed by atoms with Crippen molar-refractivity contribution in [2.45, 2.75) is 90.2 Å². The molecule has 2 aliphatic heterocycles. The highest BCUT2D eigenvalue weighted by Gasteiger charge is 2.54. The van der Waals surface area contributed by atoms with Crippen LogP contribution >= 0.6 is 0 Å². The van der Waals surface area contributed by atoms with Crippen LogP contribution in [0.1, 0.15) is 78.6 Å². The lowest BCUT2D eigenvalue weighted by Crippen LogP contribution is -2.42. The van der Waals surface area contributed by atoms with Crippen molar-refractivity contribution >= 4 is 18.7 Å². The summed E-state index contributed by atoms with van der Waals surface area (Å²) in [5, 5.41) is 0. The molecule has 0 bridgehead atoms. The Labute approximate surface area is 187 Å². The second kappa shape index (κ2) is 8.20. The Morgan fingerprint density at radius 1 is 1.09 bits per heavy atom. The number of pyridine rings is 1. The number of piperidine rings is 1. The van der Waals surface area contributed by atoms with Gasteiger partial charge in [0.25, 0.3) is 0 Å². The fourth-order valence-corrected chi connectivity index (χ4v) is 3.78. The summed E-state index contributed by atoms with van der Waals surface area (Å²) in [6, 6.07) is 3.02. The van der Waals surface area contributed by atoms with Crippen LogP contribution in [0, 0.1) is 0 Å². The molecule has 0 aliphatic carbocycles. The summed E-state index contributed by atoms with van der Waals surface area (Å²) in [6.45, 7) is 13.4. The number of amides is 1. The Hall–Kier alpha value is -1.81. The molecule has 0 radical (unpaired) electrons. The van der Waals surface area contributed by atoms with Crippen LogP contribution in [0.25, 0.3) is 0 Å². The number of carbonyl (C=O) groups is 1. The van der Waals surface area contributed by atoms with E-state index in [9.17, 15) is 18.0 Å². The van der Waals surface area contributed by atoms with Crippen molar-refractivity contribution in [3.05, 3.63) is 23.5 Å². The van der Waals surface area contributed by atoms with E-state index in [1.807, 2.05) is 0 Å². The summed E-state index contributed by atoms with van der Waals surface area (Å²) < 4.78 is 58.8. The monoisotopic (exact) mass is 456 g/mol. The van der Waals surface area contributed by atoms with Gasteiger partial charge in [0.05, 0.1) is 11.2 Å². The van der Waals surface area contributed by atoms with Crippen LogP contribution in [0.3, 0.4) is 0 Å². The van der Waals surface area contributed by atoms with E-state index in [4.69, 9.17) is 14.0 Å². The lowest BCUT2D eigenvalue weighted by molar-refractivity contribution is -0.140. The van der Waals surface area contributed by atoms with Crippen LogP contribution in [-0.2, 0) is 20.2 Å². The Kier molecular flexibility index (Phi) is 6.36. The van der Waals surface area contributed by atoms with Gasteiger partial charge < -0.3 is 18.9 Å². The molecular formula is C22H32BF3N2O4. The maximum absolute atomic E-state index is 13.9. The van der Waals surface area contributed by atoms with Gasteiger partial charge in [-0.3, -0.25) is 0 Å². The van der Waals surface area contributed by atoms with Crippen molar-refractivity contribution in [3.63, 3.8) is 0 Å². The highest BCUT2D eigenvalue weighted by atomic mass is 19.4. The van der Waals surface area contributed by atoms with Crippen molar-refractivity contribution in [2.24, 2.45) is 0 Å². The van der Waals surface area contributed by atoms with Crippen molar-refractivity contribution in [3.8, 4) is 0 Å². The van der Waals surface area contributed by atoms with E-state index in [0.717, 1.165) is 0 Å². The molecule has 0 spiro atoms. The summed E-state index contributed by atoms with van der Waals surface area (Å²) in [7, 11) is -1.15. The fraction of sp³-hybridized carbons (Fsp3) is 0.727. The summed E-state index contributed by atoms with van der Waals surface area (Å²) in [6.07, 6.45) is -4.03. The minimum Gasteiger partial charge on any atom is -0.444 e. The van der Waals surface area contributed by atoms with Gasteiger partial charge in [0.1, 0.15) is 11.3 Å². The van der Waals surface area contributed by atoms with Gasteiger partial charge in [-0.15, -0.1) is 0 Å². The second-order valence-corrected chi connectivity index (χ2v) is 10.5. The molecule has 32 heavy (non-hydrogen) atoms. The van der Waals surface area contributed by atoms with Crippen LogP contribution in [-0.4, -0.2) is 53.0 Å². The Morgan fingerprint density at radius 2 is 1.62 bits per heavy atom. The molecule has 1 amide bonds. The lowest BCUT2D eigenvalue weighted by Gasteiger charge is -2.33. The standard InChI is InChI=1S/C22H32BF3N2O4/c1-19(2,3)30-18(29)28-12-10-14(11-13-28)16-9-8-15(17(27-16)22(24,25)26)23-31-20(4,5)21(6,7)32-23/h8-9,14H,10-13H2,1-7H3. The number of nitrogens with zero attached hydrogens (tertiary/aromatic N) is 2. The van der Waals surface area contributed by atoms with E-state index >= 15 is 0 Å². The summed E-state index contributed by atoms with van der Waals surface area (Å²) >= 11 is 0. The Morgan fingerprint density at radius 3 is 2.09 bits per heavy atom. The smallest absolute Gasteiger partial charge is 0.444 e. The fourth-order valence-electron chi connectivity index (χ4n) is 3.78. The van der Waals surface area contributed by atoms with Crippen LogP contribution in [0.15, 0.2) is 12.1 Å². The SMILES string of the molecule is CC(C)(C)OC(=O)N1CCC(c2ccc(B3OC(C)(C)C(C)(C)O3)c(C(F)(F)F)n2)CC1. The van der Waals surface area contributed by atoms with Gasteiger partial charge in [0.2, 0.25) is 0 Å². The zero-order chi connectivity index (χ0) is 24.1. The minimum atomic E-state index is -4.65. The van der Waals surface area contributed by atoms with Gasteiger partial charge in [-0.05, 0) is 67.4 Å². The third-order valence-corrected chi connectivity index (χ3v) is 6.29. The van der Waals surface area contributed by atoms with Crippen LogP contribution in [0.5, 0.6) is 0 Å². The summed E-state index contributed by atoms with van der Waals surface area (Å²) in [5.41, 5.74) is -2.85. The topological polar surface area (TPSA) is 60.9 Å². The van der Waals surface area contributed by atoms with Crippen LogP contribution < -0.4 is 5.46 Å². The first kappa shape index (κ1) is 24.8. The van der Waals surface area contributed by atoms with E-state index in [1.54, 1.807) is 59.4 Å². The molecule has 1 aromatic heterocycles. The van der Waals surface area contributed by atoms with Crippen molar-refractivity contribution in [1.29, 1.82) is 0 Å². The van der Waals surface area contributed by atoms with E-state index in [-0.39, 0.29) is 11.4 Å². The maximum Gasteiger partial charge on any atom is 0.497 e. The normalized spacial score (nSPS) is 21.7. The van der Waals surface area contributed by atoms with E-state index in [0.29, 0.717) is 31.6 Å². The molecule has 10 heteroatoms. The van der Waals surface area contributed by atoms with E-state index in [1.165, 1.54) is 6.07 Å². The molecule has 178 valence electrons. The van der Waals surface area contributed by atoms with Gasteiger partial charge in [0.15, 0.2) is 0 Å². The predicted octanol–water partition coefficient (Wildman–Crippen LogP) is 4.51. The molecule has 2 saturated heterocycles. The van der Waals surface area contributed by atoms with Gasteiger partial charge in [0, 0.05) is 30.2 Å². The molecule has 0 atom stereocenters. The average Bonchev–Trinajstić information content (AvgIpc) is 2.86. The van der Waals surface area contributed by atoms with Gasteiger partial charge in [-0.1, -0.05) is 6.07 Å². The van der Waals surface area contributed by atoms with Crippen molar-refractivity contribution < 1.29 is 32.0 Å². The molecular weight excluding hydrogens is 424 g/mol. The number of ether oxygens (including phenoxy) is 1. The number of hydrogen-bond donors (Lipinski definition) is 0. The molecule has 2 fully saturated rings. The molecule has 2 aliphatic rings. The Balaban J connectivity index is 1.78. The zero-order valence-corrected chi connectivity index (χ0v) is 19.8. The number of halogens is 3. The van der Waals surface area contributed by atoms with Gasteiger partial charge in [-0.25, -0.2) is 9.78 Å². The number of aromatic nitrogens is 1. The van der Waals surface area contributed by atoms with Crippen molar-refractivity contribution in [1.82, 2.24) is 9.88 Å². The molecule has 6 nitrogen and oxygen atoms in total. The molecule has 1 aromatic rings. The van der Waals surface area contributed by atoms with Crippen molar-refractivity contribution in [2.75, 3.05) is 13.1 Å². The second-order valence-electron chi connectivity index (χ2n) is 10.5. The molecule has 3 heterocycles. The first-order valence-electron chi connectivity index (χ1n) is 10.9. The first-order chi connectivity index (χ1) is 14.5. The van der Waals surface area contributed by atoms with Crippen LogP contribution in [0.4, 0.5) is 18.0 Å². The third-order valence-electron chi connectivity index (χ3n) is 6.29. The average molecular weight is 456 g/mol. The minimum absolute atomic E-state index is 0.119. The lowest BCUT2D eigenvalue weighted by atomic mass is 9.77. The first-order valence-corrected chi connectivity index (χ1v) is 10.9. The quantitative estimate of drug-likeness (QED) is 0.613.